The molecule has 2 aromatic rings. The van der Waals surface area contributed by atoms with Crippen LogP contribution in [0.2, 0.25) is 0 Å². The molecule has 1 fully saturated rings. The summed E-state index contributed by atoms with van der Waals surface area (Å²) in [5, 5.41) is 10.7. The van der Waals surface area contributed by atoms with Crippen LogP contribution in [0.25, 0.3) is 5.52 Å². The topological polar surface area (TPSA) is 67.1 Å². The lowest BCUT2D eigenvalue weighted by Crippen LogP contribution is -2.45. The zero-order chi connectivity index (χ0) is 15.7. The number of piperidine rings is 1. The molecule has 120 valence electrons. The van der Waals surface area contributed by atoms with Gasteiger partial charge in [0.05, 0.1) is 17.9 Å². The van der Waals surface area contributed by atoms with Gasteiger partial charge in [0, 0.05) is 13.0 Å². The van der Waals surface area contributed by atoms with Crippen molar-refractivity contribution in [1.82, 2.24) is 24.9 Å². The Morgan fingerprint density at radius 2 is 2.32 bits per heavy atom. The van der Waals surface area contributed by atoms with E-state index in [1.165, 1.54) is 0 Å². The van der Waals surface area contributed by atoms with Crippen LogP contribution < -0.4 is 10.6 Å². The predicted octanol–water partition coefficient (Wildman–Crippen LogP) is 1.74. The lowest BCUT2D eigenvalue weighted by Gasteiger charge is -2.27. The van der Waals surface area contributed by atoms with E-state index in [1.807, 2.05) is 11.4 Å². The number of alkyl halides is 1. The summed E-state index contributed by atoms with van der Waals surface area (Å²) in [5.41, 5.74) is 1.83. The van der Waals surface area contributed by atoms with E-state index in [9.17, 15) is 4.39 Å². The maximum Gasteiger partial charge on any atom is 0.241 e. The maximum absolute atomic E-state index is 13.9. The predicted molar refractivity (Wildman–Crippen MR) is 83.9 cm³/mol. The van der Waals surface area contributed by atoms with Gasteiger partial charge >= 0.3 is 0 Å². The fourth-order valence-electron chi connectivity index (χ4n) is 2.81. The van der Waals surface area contributed by atoms with Gasteiger partial charge in [-0.2, -0.15) is 0 Å². The summed E-state index contributed by atoms with van der Waals surface area (Å²) < 4.78 is 15.7. The number of nitrogens with zero attached hydrogens (tertiary/aromatic N) is 4. The van der Waals surface area contributed by atoms with Gasteiger partial charge < -0.3 is 10.6 Å². The maximum atomic E-state index is 13.9. The van der Waals surface area contributed by atoms with Crippen LogP contribution in [0, 0.1) is 12.8 Å². The number of fused-ring (bicyclic) bond motifs is 1. The summed E-state index contributed by atoms with van der Waals surface area (Å²) in [7, 11) is 0. The van der Waals surface area contributed by atoms with Gasteiger partial charge in [0.1, 0.15) is 17.5 Å². The minimum atomic E-state index is -0.923. The molecule has 3 heterocycles. The molecule has 0 bridgehead atoms. The van der Waals surface area contributed by atoms with Gasteiger partial charge in [-0.25, -0.2) is 18.9 Å². The Morgan fingerprint density at radius 1 is 1.50 bits per heavy atom. The lowest BCUT2D eigenvalue weighted by atomic mass is 10.1. The summed E-state index contributed by atoms with van der Waals surface area (Å²) >= 11 is 0. The molecule has 0 amide bonds. The van der Waals surface area contributed by atoms with Crippen molar-refractivity contribution in [3.8, 4) is 0 Å². The third-order valence-electron chi connectivity index (χ3n) is 3.96. The van der Waals surface area contributed by atoms with E-state index in [1.54, 1.807) is 6.20 Å². The molecular weight excluding hydrogens is 283 g/mol. The molecule has 2 aromatic heterocycles. The standard InChI is InChI=1S/C15H23FN6/c1-9(2)6-14-19-10(3)13-8-18-15(21-22(13)14)20-12-4-5-17-7-11(12)16/h8-9,11-12,17H,4-7H2,1-3H3,(H,20,21)/t11-,12-/m1/s1. The van der Waals surface area contributed by atoms with Crippen molar-refractivity contribution in [2.75, 3.05) is 18.4 Å². The fourth-order valence-corrected chi connectivity index (χ4v) is 2.81. The summed E-state index contributed by atoms with van der Waals surface area (Å²) in [6, 6.07) is -0.239. The number of rotatable bonds is 4. The first kappa shape index (κ1) is 15.1. The largest absolute Gasteiger partial charge is 0.347 e. The van der Waals surface area contributed by atoms with Gasteiger partial charge in [-0.05, 0) is 25.8 Å². The smallest absolute Gasteiger partial charge is 0.241 e. The van der Waals surface area contributed by atoms with E-state index in [0.29, 0.717) is 18.4 Å². The van der Waals surface area contributed by atoms with Crippen molar-refractivity contribution in [3.63, 3.8) is 0 Å². The Hall–Kier alpha value is -1.76. The number of aromatic nitrogens is 4. The molecule has 2 N–H and O–H groups in total. The molecule has 3 rings (SSSR count). The SMILES string of the molecule is Cc1nc(CC(C)C)n2nc(N[C@@H]3CCNC[C@H]3F)ncc12. The number of halogens is 1. The van der Waals surface area contributed by atoms with Crippen LogP contribution in [-0.4, -0.2) is 44.9 Å². The van der Waals surface area contributed by atoms with E-state index >= 15 is 0 Å². The Morgan fingerprint density at radius 3 is 3.05 bits per heavy atom. The average molecular weight is 306 g/mol. The average Bonchev–Trinajstić information content (AvgIpc) is 2.77. The van der Waals surface area contributed by atoms with E-state index in [2.05, 4.69) is 39.5 Å². The Labute approximate surface area is 129 Å². The number of aryl methyl sites for hydroxylation is 1. The van der Waals surface area contributed by atoms with Crippen LogP contribution in [0.5, 0.6) is 0 Å². The van der Waals surface area contributed by atoms with Crippen LogP contribution >= 0.6 is 0 Å². The molecule has 6 nitrogen and oxygen atoms in total. The van der Waals surface area contributed by atoms with E-state index in [0.717, 1.165) is 36.4 Å². The van der Waals surface area contributed by atoms with Gasteiger partial charge in [0.15, 0.2) is 0 Å². The summed E-state index contributed by atoms with van der Waals surface area (Å²) in [6.07, 6.45) is 2.41. The summed E-state index contributed by atoms with van der Waals surface area (Å²) in [5.74, 6) is 1.88. The van der Waals surface area contributed by atoms with Crippen LogP contribution in [0.4, 0.5) is 10.3 Å². The third-order valence-corrected chi connectivity index (χ3v) is 3.96. The van der Waals surface area contributed by atoms with Crippen molar-refractivity contribution in [3.05, 3.63) is 17.7 Å². The first-order valence-electron chi connectivity index (χ1n) is 7.87. The zero-order valence-electron chi connectivity index (χ0n) is 13.3. The highest BCUT2D eigenvalue weighted by Gasteiger charge is 2.25. The van der Waals surface area contributed by atoms with Crippen LogP contribution in [-0.2, 0) is 6.42 Å². The van der Waals surface area contributed by atoms with Crippen molar-refractivity contribution in [2.24, 2.45) is 5.92 Å². The molecule has 1 aliphatic rings. The zero-order valence-corrected chi connectivity index (χ0v) is 13.3. The van der Waals surface area contributed by atoms with Crippen LogP contribution in [0.15, 0.2) is 6.20 Å². The molecule has 0 saturated carbocycles. The van der Waals surface area contributed by atoms with E-state index in [4.69, 9.17) is 0 Å². The number of hydrogen-bond donors (Lipinski definition) is 2. The molecule has 0 aliphatic carbocycles. The monoisotopic (exact) mass is 306 g/mol. The molecule has 0 spiro atoms. The van der Waals surface area contributed by atoms with Gasteiger partial charge in [0.2, 0.25) is 5.95 Å². The molecule has 0 aromatic carbocycles. The second-order valence-electron chi connectivity index (χ2n) is 6.35. The van der Waals surface area contributed by atoms with E-state index in [-0.39, 0.29) is 6.04 Å². The molecule has 1 saturated heterocycles. The Bertz CT molecular complexity index is 653. The molecule has 0 radical (unpaired) electrons. The van der Waals surface area contributed by atoms with Crippen molar-refractivity contribution in [2.45, 2.75) is 45.8 Å². The van der Waals surface area contributed by atoms with Gasteiger partial charge in [-0.3, -0.25) is 0 Å². The Balaban J connectivity index is 1.87. The normalized spacial score (nSPS) is 22.4. The highest BCUT2D eigenvalue weighted by Crippen LogP contribution is 2.16. The number of imidazole rings is 1. The van der Waals surface area contributed by atoms with E-state index < -0.39 is 6.17 Å². The number of nitrogens with one attached hydrogen (secondary N) is 2. The molecule has 1 aliphatic heterocycles. The number of anilines is 1. The quantitative estimate of drug-likeness (QED) is 0.901. The number of hydrogen-bond acceptors (Lipinski definition) is 5. The Kier molecular flexibility index (Phi) is 4.24. The summed E-state index contributed by atoms with van der Waals surface area (Å²) in [6.45, 7) is 7.45. The second kappa shape index (κ2) is 6.16. The van der Waals surface area contributed by atoms with Crippen LogP contribution in [0.1, 0.15) is 31.8 Å². The molecule has 7 heteroatoms. The van der Waals surface area contributed by atoms with Crippen LogP contribution in [0.3, 0.4) is 0 Å². The molecule has 0 unspecified atom stereocenters. The lowest BCUT2D eigenvalue weighted by molar-refractivity contribution is 0.244. The molecular formula is C15H23FN6. The minimum absolute atomic E-state index is 0.239. The molecule has 2 atom stereocenters. The first-order chi connectivity index (χ1) is 10.5. The van der Waals surface area contributed by atoms with Crippen molar-refractivity contribution in [1.29, 1.82) is 0 Å². The fraction of sp³-hybridized carbons (Fsp3) is 0.667. The first-order valence-corrected chi connectivity index (χ1v) is 7.87. The van der Waals surface area contributed by atoms with Gasteiger partial charge in [0.25, 0.3) is 0 Å². The third kappa shape index (κ3) is 3.04. The van der Waals surface area contributed by atoms with Crippen molar-refractivity contribution >= 4 is 11.5 Å². The highest BCUT2D eigenvalue weighted by atomic mass is 19.1. The van der Waals surface area contributed by atoms with Gasteiger partial charge in [-0.15, -0.1) is 5.10 Å². The summed E-state index contributed by atoms with van der Waals surface area (Å²) in [4.78, 5) is 8.90. The van der Waals surface area contributed by atoms with Crippen molar-refractivity contribution < 1.29 is 4.39 Å². The second-order valence-corrected chi connectivity index (χ2v) is 6.35. The minimum Gasteiger partial charge on any atom is -0.347 e. The highest BCUT2D eigenvalue weighted by molar-refractivity contribution is 5.51. The molecule has 22 heavy (non-hydrogen) atoms. The van der Waals surface area contributed by atoms with Gasteiger partial charge in [-0.1, -0.05) is 13.8 Å².